The van der Waals surface area contributed by atoms with Gasteiger partial charge >= 0.3 is 0 Å². The molecule has 1 aromatic heterocycles. The molecular formula is C19H30IN5S. The summed E-state index contributed by atoms with van der Waals surface area (Å²) < 4.78 is 2.31. The fraction of sp³-hybridized carbons (Fsp3) is 0.579. The Morgan fingerprint density at radius 3 is 2.96 bits per heavy atom. The number of para-hydroxylation sites is 2. The quantitative estimate of drug-likeness (QED) is 0.302. The number of nitrogens with one attached hydrogen (secondary N) is 1. The minimum absolute atomic E-state index is 0. The van der Waals surface area contributed by atoms with Crippen molar-refractivity contribution in [1.29, 1.82) is 0 Å². The van der Waals surface area contributed by atoms with Gasteiger partial charge in [-0.05, 0) is 31.9 Å². The minimum Gasteiger partial charge on any atom is -0.356 e. The molecule has 1 unspecified atom stereocenters. The van der Waals surface area contributed by atoms with Crippen molar-refractivity contribution in [2.45, 2.75) is 38.5 Å². The number of guanidine groups is 1. The Morgan fingerprint density at radius 2 is 2.19 bits per heavy atom. The number of aromatic nitrogens is 2. The first-order valence-electron chi connectivity index (χ1n) is 9.22. The largest absolute Gasteiger partial charge is 0.356 e. The van der Waals surface area contributed by atoms with Gasteiger partial charge in [0.05, 0.1) is 11.0 Å². The van der Waals surface area contributed by atoms with E-state index >= 15 is 0 Å². The average molecular weight is 487 g/mol. The van der Waals surface area contributed by atoms with Crippen LogP contribution in [-0.2, 0) is 6.54 Å². The first-order valence-corrected chi connectivity index (χ1v) is 10.3. The number of thioether (sulfide) groups is 1. The summed E-state index contributed by atoms with van der Waals surface area (Å²) in [7, 11) is 1.89. The number of aliphatic imine (C=N–C) groups is 1. The highest BCUT2D eigenvalue weighted by Crippen LogP contribution is 2.21. The number of imidazole rings is 1. The summed E-state index contributed by atoms with van der Waals surface area (Å²) >= 11 is 2.09. The van der Waals surface area contributed by atoms with Gasteiger partial charge in [0.25, 0.3) is 0 Å². The molecule has 26 heavy (non-hydrogen) atoms. The maximum absolute atomic E-state index is 4.64. The molecule has 0 spiro atoms. The smallest absolute Gasteiger partial charge is 0.193 e. The second kappa shape index (κ2) is 10.4. The maximum Gasteiger partial charge on any atom is 0.193 e. The Balaban J connectivity index is 0.00000243. The molecule has 144 valence electrons. The summed E-state index contributed by atoms with van der Waals surface area (Å²) in [6, 6.07) is 8.36. The molecule has 0 saturated carbocycles. The normalized spacial score (nSPS) is 18.0. The van der Waals surface area contributed by atoms with Crippen LogP contribution in [0.4, 0.5) is 0 Å². The lowest BCUT2D eigenvalue weighted by molar-refractivity contribution is 0.407. The van der Waals surface area contributed by atoms with Crippen LogP contribution in [0.15, 0.2) is 29.3 Å². The van der Waals surface area contributed by atoms with E-state index in [1.54, 1.807) is 0 Å². The number of fused-ring (bicyclic) bond motifs is 1. The standard InChI is InChI=1S/C19H29N5S.HI/c1-4-16-14-23(12-13-25-16)19(20-3)21-10-7-11-24-15(2)22-17-8-5-6-9-18(17)24;/h5-6,8-9,16H,4,7,10-14H2,1-3H3,(H,20,21);1H. The van der Waals surface area contributed by atoms with Crippen LogP contribution in [0.5, 0.6) is 0 Å². The fourth-order valence-corrected chi connectivity index (χ4v) is 4.59. The van der Waals surface area contributed by atoms with Crippen molar-refractivity contribution < 1.29 is 0 Å². The summed E-state index contributed by atoms with van der Waals surface area (Å²) in [6.07, 6.45) is 2.28. The lowest BCUT2D eigenvalue weighted by atomic mass is 10.3. The molecule has 0 radical (unpaired) electrons. The first-order chi connectivity index (χ1) is 12.2. The molecule has 1 atom stereocenters. The van der Waals surface area contributed by atoms with E-state index in [2.05, 4.69) is 68.6 Å². The van der Waals surface area contributed by atoms with Gasteiger partial charge in [-0.15, -0.1) is 24.0 Å². The Morgan fingerprint density at radius 1 is 1.38 bits per heavy atom. The van der Waals surface area contributed by atoms with Gasteiger partial charge in [0.1, 0.15) is 5.82 Å². The molecule has 1 saturated heterocycles. The SMILES string of the molecule is CCC1CN(C(=NC)NCCCn2c(C)nc3ccccc32)CCS1.I. The fourth-order valence-electron chi connectivity index (χ4n) is 3.41. The van der Waals surface area contributed by atoms with E-state index in [0.29, 0.717) is 0 Å². The minimum atomic E-state index is 0. The predicted octanol–water partition coefficient (Wildman–Crippen LogP) is 3.76. The first kappa shape index (κ1) is 21.3. The van der Waals surface area contributed by atoms with E-state index < -0.39 is 0 Å². The number of nitrogens with zero attached hydrogens (tertiary/aromatic N) is 4. The van der Waals surface area contributed by atoms with Gasteiger partial charge in [-0.25, -0.2) is 4.98 Å². The Bertz CT molecular complexity index is 730. The van der Waals surface area contributed by atoms with E-state index in [4.69, 9.17) is 0 Å². The van der Waals surface area contributed by atoms with Gasteiger partial charge in [0.15, 0.2) is 5.96 Å². The van der Waals surface area contributed by atoms with E-state index in [-0.39, 0.29) is 24.0 Å². The van der Waals surface area contributed by atoms with E-state index in [9.17, 15) is 0 Å². The number of hydrogen-bond acceptors (Lipinski definition) is 3. The summed E-state index contributed by atoms with van der Waals surface area (Å²) in [5.41, 5.74) is 2.31. The number of aryl methyl sites for hydroxylation is 2. The van der Waals surface area contributed by atoms with Crippen molar-refractivity contribution >= 4 is 52.7 Å². The van der Waals surface area contributed by atoms with Crippen molar-refractivity contribution in [2.24, 2.45) is 4.99 Å². The zero-order valence-electron chi connectivity index (χ0n) is 15.9. The maximum atomic E-state index is 4.64. The molecule has 1 fully saturated rings. The molecule has 1 N–H and O–H groups in total. The number of rotatable bonds is 5. The van der Waals surface area contributed by atoms with E-state index in [0.717, 1.165) is 55.2 Å². The Hall–Kier alpha value is -0.960. The van der Waals surface area contributed by atoms with Gasteiger partial charge in [-0.1, -0.05) is 19.1 Å². The zero-order valence-corrected chi connectivity index (χ0v) is 19.1. The topological polar surface area (TPSA) is 45.5 Å². The van der Waals surface area contributed by atoms with Crippen LogP contribution in [0.3, 0.4) is 0 Å². The Labute approximate surface area is 178 Å². The average Bonchev–Trinajstić information content (AvgIpc) is 2.97. The lowest BCUT2D eigenvalue weighted by Gasteiger charge is -2.34. The molecule has 1 aromatic carbocycles. The van der Waals surface area contributed by atoms with Gasteiger partial charge in [0, 0.05) is 44.2 Å². The predicted molar refractivity (Wildman–Crippen MR) is 124 cm³/mol. The van der Waals surface area contributed by atoms with E-state index in [1.807, 2.05) is 13.1 Å². The van der Waals surface area contributed by atoms with Crippen molar-refractivity contribution in [2.75, 3.05) is 32.4 Å². The third-order valence-electron chi connectivity index (χ3n) is 4.79. The third kappa shape index (κ3) is 5.06. The molecule has 0 bridgehead atoms. The number of halogens is 1. The second-order valence-corrected chi connectivity index (χ2v) is 7.88. The van der Waals surface area contributed by atoms with Gasteiger partial charge in [0.2, 0.25) is 0 Å². The van der Waals surface area contributed by atoms with Crippen LogP contribution in [0.2, 0.25) is 0 Å². The van der Waals surface area contributed by atoms with Gasteiger partial charge < -0.3 is 14.8 Å². The summed E-state index contributed by atoms with van der Waals surface area (Å²) in [5.74, 6) is 3.33. The number of benzene rings is 1. The molecule has 2 heterocycles. The van der Waals surface area contributed by atoms with Crippen LogP contribution >= 0.6 is 35.7 Å². The number of hydrogen-bond donors (Lipinski definition) is 1. The monoisotopic (exact) mass is 487 g/mol. The van der Waals surface area contributed by atoms with Gasteiger partial charge in [-0.2, -0.15) is 11.8 Å². The van der Waals surface area contributed by atoms with Crippen LogP contribution < -0.4 is 5.32 Å². The molecule has 7 heteroatoms. The Kier molecular flexibility index (Phi) is 8.53. The molecular weight excluding hydrogens is 457 g/mol. The van der Waals surface area contributed by atoms with Crippen molar-refractivity contribution in [3.8, 4) is 0 Å². The molecule has 0 amide bonds. The van der Waals surface area contributed by atoms with Crippen LogP contribution in [0.25, 0.3) is 11.0 Å². The second-order valence-electron chi connectivity index (χ2n) is 6.47. The highest BCUT2D eigenvalue weighted by Gasteiger charge is 2.21. The van der Waals surface area contributed by atoms with E-state index in [1.165, 1.54) is 17.7 Å². The van der Waals surface area contributed by atoms with Crippen molar-refractivity contribution in [1.82, 2.24) is 19.8 Å². The molecule has 1 aliphatic rings. The van der Waals surface area contributed by atoms with Crippen molar-refractivity contribution in [3.63, 3.8) is 0 Å². The molecule has 1 aliphatic heterocycles. The molecule has 5 nitrogen and oxygen atoms in total. The molecule has 0 aliphatic carbocycles. The summed E-state index contributed by atoms with van der Waals surface area (Å²) in [4.78, 5) is 11.5. The highest BCUT2D eigenvalue weighted by atomic mass is 127. The zero-order chi connectivity index (χ0) is 17.6. The third-order valence-corrected chi connectivity index (χ3v) is 6.16. The summed E-state index contributed by atoms with van der Waals surface area (Å²) in [5, 5.41) is 4.28. The molecule has 2 aromatic rings. The summed E-state index contributed by atoms with van der Waals surface area (Å²) in [6.45, 7) is 8.46. The lowest BCUT2D eigenvalue weighted by Crippen LogP contribution is -2.48. The van der Waals surface area contributed by atoms with Crippen LogP contribution in [0.1, 0.15) is 25.6 Å². The molecule has 3 rings (SSSR count). The highest BCUT2D eigenvalue weighted by molar-refractivity contribution is 14.0. The van der Waals surface area contributed by atoms with Crippen LogP contribution in [-0.4, -0.2) is 58.1 Å². The van der Waals surface area contributed by atoms with Gasteiger partial charge in [-0.3, -0.25) is 4.99 Å². The van der Waals surface area contributed by atoms with Crippen molar-refractivity contribution in [3.05, 3.63) is 30.1 Å². The van der Waals surface area contributed by atoms with Crippen LogP contribution in [0, 0.1) is 6.92 Å².